The molecule has 3 heteroatoms. The van der Waals surface area contributed by atoms with E-state index in [0.717, 1.165) is 12.2 Å². The Kier molecular flexibility index (Phi) is 5.45. The molecule has 0 aromatic heterocycles. The third-order valence-corrected chi connectivity index (χ3v) is 3.00. The van der Waals surface area contributed by atoms with Crippen LogP contribution in [0.4, 0.5) is 0 Å². The Labute approximate surface area is 104 Å². The topological polar surface area (TPSA) is 55.5 Å². The van der Waals surface area contributed by atoms with E-state index < -0.39 is 0 Å². The van der Waals surface area contributed by atoms with Crippen molar-refractivity contribution in [1.82, 2.24) is 0 Å². The molecular formula is C14H23NO2. The molecular weight excluding hydrogens is 214 g/mol. The SMILES string of the molecule is CCc1ccc(OC(CO)C(N)C(C)C)cc1. The van der Waals surface area contributed by atoms with Crippen LogP contribution in [0.2, 0.25) is 0 Å². The molecule has 2 unspecified atom stereocenters. The smallest absolute Gasteiger partial charge is 0.137 e. The molecule has 1 aromatic carbocycles. The van der Waals surface area contributed by atoms with Crippen molar-refractivity contribution in [1.29, 1.82) is 0 Å². The minimum Gasteiger partial charge on any atom is -0.486 e. The van der Waals surface area contributed by atoms with E-state index in [1.807, 2.05) is 38.1 Å². The van der Waals surface area contributed by atoms with E-state index in [4.69, 9.17) is 10.5 Å². The molecule has 17 heavy (non-hydrogen) atoms. The fourth-order valence-corrected chi connectivity index (χ4v) is 1.65. The van der Waals surface area contributed by atoms with E-state index >= 15 is 0 Å². The zero-order chi connectivity index (χ0) is 12.8. The van der Waals surface area contributed by atoms with Gasteiger partial charge in [0.05, 0.1) is 6.61 Å². The zero-order valence-electron chi connectivity index (χ0n) is 10.9. The molecule has 0 spiro atoms. The molecule has 96 valence electrons. The molecule has 0 radical (unpaired) electrons. The van der Waals surface area contributed by atoms with Crippen molar-refractivity contribution >= 4 is 0 Å². The molecule has 0 bridgehead atoms. The summed E-state index contributed by atoms with van der Waals surface area (Å²) in [5.41, 5.74) is 7.26. The van der Waals surface area contributed by atoms with Crippen LogP contribution >= 0.6 is 0 Å². The van der Waals surface area contributed by atoms with Crippen LogP contribution in [0.15, 0.2) is 24.3 Å². The summed E-state index contributed by atoms with van der Waals surface area (Å²) in [4.78, 5) is 0. The number of ether oxygens (including phenoxy) is 1. The van der Waals surface area contributed by atoms with E-state index in [2.05, 4.69) is 6.92 Å². The molecule has 0 saturated carbocycles. The standard InChI is InChI=1S/C14H23NO2/c1-4-11-5-7-12(8-6-11)17-13(9-16)14(15)10(2)3/h5-8,10,13-14,16H,4,9,15H2,1-3H3. The van der Waals surface area contributed by atoms with Gasteiger partial charge in [-0.15, -0.1) is 0 Å². The summed E-state index contributed by atoms with van der Waals surface area (Å²) in [5.74, 6) is 1.04. The monoisotopic (exact) mass is 237 g/mol. The lowest BCUT2D eigenvalue weighted by molar-refractivity contribution is 0.0811. The lowest BCUT2D eigenvalue weighted by atomic mass is 10.00. The van der Waals surface area contributed by atoms with E-state index in [-0.39, 0.29) is 24.7 Å². The van der Waals surface area contributed by atoms with Crippen LogP contribution in [0.3, 0.4) is 0 Å². The molecule has 1 aromatic rings. The second-order valence-corrected chi connectivity index (χ2v) is 4.66. The Balaban J connectivity index is 2.66. The van der Waals surface area contributed by atoms with Gasteiger partial charge in [0, 0.05) is 6.04 Å². The number of nitrogens with two attached hydrogens (primary N) is 1. The molecule has 3 nitrogen and oxygen atoms in total. The van der Waals surface area contributed by atoms with Crippen LogP contribution in [0.25, 0.3) is 0 Å². The van der Waals surface area contributed by atoms with Gasteiger partial charge in [0.2, 0.25) is 0 Å². The van der Waals surface area contributed by atoms with Crippen molar-refractivity contribution < 1.29 is 9.84 Å². The second kappa shape index (κ2) is 6.62. The first-order valence-electron chi connectivity index (χ1n) is 6.20. The maximum Gasteiger partial charge on any atom is 0.137 e. The van der Waals surface area contributed by atoms with Crippen molar-refractivity contribution in [2.45, 2.75) is 39.3 Å². The summed E-state index contributed by atoms with van der Waals surface area (Å²) in [6.07, 6.45) is 0.664. The molecule has 0 saturated heterocycles. The van der Waals surface area contributed by atoms with Crippen LogP contribution in [-0.4, -0.2) is 23.9 Å². The predicted molar refractivity (Wildman–Crippen MR) is 70.1 cm³/mol. The van der Waals surface area contributed by atoms with Gasteiger partial charge >= 0.3 is 0 Å². The fraction of sp³-hybridized carbons (Fsp3) is 0.571. The third-order valence-electron chi connectivity index (χ3n) is 3.00. The maximum absolute atomic E-state index is 9.30. The zero-order valence-corrected chi connectivity index (χ0v) is 10.9. The summed E-state index contributed by atoms with van der Waals surface area (Å²) in [7, 11) is 0. The molecule has 1 rings (SSSR count). The number of benzene rings is 1. The summed E-state index contributed by atoms with van der Waals surface area (Å²) in [5, 5.41) is 9.30. The van der Waals surface area contributed by atoms with Gasteiger partial charge in [-0.05, 0) is 30.0 Å². The summed E-state index contributed by atoms with van der Waals surface area (Å²) in [6, 6.07) is 7.75. The fourth-order valence-electron chi connectivity index (χ4n) is 1.65. The van der Waals surface area contributed by atoms with Gasteiger partial charge in [-0.1, -0.05) is 32.9 Å². The van der Waals surface area contributed by atoms with Gasteiger partial charge in [0.25, 0.3) is 0 Å². The summed E-state index contributed by atoms with van der Waals surface area (Å²) < 4.78 is 5.71. The van der Waals surface area contributed by atoms with Crippen LogP contribution in [0, 0.1) is 5.92 Å². The molecule has 0 aliphatic rings. The molecule has 0 fully saturated rings. The number of hydrogen-bond acceptors (Lipinski definition) is 3. The van der Waals surface area contributed by atoms with Crippen molar-refractivity contribution in [2.24, 2.45) is 11.7 Å². The normalized spacial score (nSPS) is 14.7. The third kappa shape index (κ3) is 4.02. The number of aryl methyl sites for hydroxylation is 1. The van der Waals surface area contributed by atoms with Gasteiger partial charge in [0.1, 0.15) is 11.9 Å². The highest BCUT2D eigenvalue weighted by molar-refractivity contribution is 5.27. The van der Waals surface area contributed by atoms with Gasteiger partial charge in [-0.3, -0.25) is 0 Å². The first-order chi connectivity index (χ1) is 8.08. The first kappa shape index (κ1) is 14.0. The van der Waals surface area contributed by atoms with Gasteiger partial charge in [0.15, 0.2) is 0 Å². The van der Waals surface area contributed by atoms with E-state index in [1.54, 1.807) is 0 Å². The molecule has 0 heterocycles. The van der Waals surface area contributed by atoms with E-state index in [0.29, 0.717) is 0 Å². The average molecular weight is 237 g/mol. The Morgan fingerprint density at radius 1 is 1.24 bits per heavy atom. The molecule has 0 aliphatic carbocycles. The van der Waals surface area contributed by atoms with Gasteiger partial charge in [-0.2, -0.15) is 0 Å². The Morgan fingerprint density at radius 3 is 2.24 bits per heavy atom. The van der Waals surface area contributed by atoms with E-state index in [9.17, 15) is 5.11 Å². The Bertz CT molecular complexity index is 321. The van der Waals surface area contributed by atoms with Gasteiger partial charge in [-0.25, -0.2) is 0 Å². The van der Waals surface area contributed by atoms with Crippen molar-refractivity contribution in [3.05, 3.63) is 29.8 Å². The molecule has 3 N–H and O–H groups in total. The molecule has 0 aliphatic heterocycles. The summed E-state index contributed by atoms with van der Waals surface area (Å²) in [6.45, 7) is 6.10. The summed E-state index contributed by atoms with van der Waals surface area (Å²) >= 11 is 0. The maximum atomic E-state index is 9.30. The highest BCUT2D eigenvalue weighted by atomic mass is 16.5. The van der Waals surface area contributed by atoms with Gasteiger partial charge < -0.3 is 15.6 Å². The number of aliphatic hydroxyl groups excluding tert-OH is 1. The number of hydrogen-bond donors (Lipinski definition) is 2. The number of rotatable bonds is 6. The van der Waals surface area contributed by atoms with Crippen LogP contribution in [-0.2, 0) is 6.42 Å². The Morgan fingerprint density at radius 2 is 1.82 bits per heavy atom. The van der Waals surface area contributed by atoms with Crippen LogP contribution in [0.1, 0.15) is 26.3 Å². The highest BCUT2D eigenvalue weighted by Crippen LogP contribution is 2.16. The van der Waals surface area contributed by atoms with Crippen molar-refractivity contribution in [3.8, 4) is 5.75 Å². The average Bonchev–Trinajstić information content (AvgIpc) is 2.35. The molecule has 2 atom stereocenters. The minimum absolute atomic E-state index is 0.0606. The van der Waals surface area contributed by atoms with Crippen molar-refractivity contribution in [2.75, 3.05) is 6.61 Å². The first-order valence-corrected chi connectivity index (χ1v) is 6.20. The number of aliphatic hydroxyl groups is 1. The Hall–Kier alpha value is -1.06. The van der Waals surface area contributed by atoms with Crippen LogP contribution < -0.4 is 10.5 Å². The second-order valence-electron chi connectivity index (χ2n) is 4.66. The predicted octanol–water partition coefficient (Wildman–Crippen LogP) is 1.97. The van der Waals surface area contributed by atoms with Crippen molar-refractivity contribution in [3.63, 3.8) is 0 Å². The highest BCUT2D eigenvalue weighted by Gasteiger charge is 2.21. The van der Waals surface area contributed by atoms with Crippen LogP contribution in [0.5, 0.6) is 5.75 Å². The lowest BCUT2D eigenvalue weighted by Gasteiger charge is -2.26. The largest absolute Gasteiger partial charge is 0.486 e. The van der Waals surface area contributed by atoms with E-state index in [1.165, 1.54) is 5.56 Å². The molecule has 0 amide bonds. The lowest BCUT2D eigenvalue weighted by Crippen LogP contribution is -2.45. The minimum atomic E-state index is -0.345. The quantitative estimate of drug-likeness (QED) is 0.795.